The van der Waals surface area contributed by atoms with Crippen LogP contribution in [0.4, 0.5) is 5.69 Å². The molecular weight excluding hydrogens is 354 g/mol. The summed E-state index contributed by atoms with van der Waals surface area (Å²) in [7, 11) is 1.55. The molecule has 0 bridgehead atoms. The lowest BCUT2D eigenvalue weighted by atomic mass is 10.1. The van der Waals surface area contributed by atoms with E-state index < -0.39 is 18.0 Å². The van der Waals surface area contributed by atoms with E-state index in [9.17, 15) is 9.59 Å². The van der Waals surface area contributed by atoms with E-state index in [1.165, 1.54) is 0 Å². The fourth-order valence-electron chi connectivity index (χ4n) is 2.65. The van der Waals surface area contributed by atoms with Crippen molar-refractivity contribution in [3.63, 3.8) is 0 Å². The van der Waals surface area contributed by atoms with Gasteiger partial charge in [0.2, 0.25) is 6.10 Å². The minimum absolute atomic E-state index is 0.338. The Labute approximate surface area is 163 Å². The van der Waals surface area contributed by atoms with Gasteiger partial charge in [-0.3, -0.25) is 4.79 Å². The number of esters is 1. The van der Waals surface area contributed by atoms with E-state index in [-0.39, 0.29) is 0 Å². The average molecular weight is 375 g/mol. The first kappa shape index (κ1) is 19.2. The fraction of sp³-hybridized carbons (Fsp3) is 0.130. The number of hydrogen-bond donors (Lipinski definition) is 1. The van der Waals surface area contributed by atoms with Crippen LogP contribution in [0.5, 0.6) is 5.75 Å². The zero-order chi connectivity index (χ0) is 19.9. The number of rotatable bonds is 6. The molecule has 0 spiro atoms. The molecule has 0 radical (unpaired) electrons. The Morgan fingerprint density at radius 1 is 0.857 bits per heavy atom. The highest BCUT2D eigenvalue weighted by Crippen LogP contribution is 2.22. The maximum atomic E-state index is 12.9. The van der Waals surface area contributed by atoms with E-state index in [1.807, 2.05) is 25.1 Å². The predicted molar refractivity (Wildman–Crippen MR) is 107 cm³/mol. The smallest absolute Gasteiger partial charge is 0.339 e. The zero-order valence-corrected chi connectivity index (χ0v) is 15.7. The normalized spacial score (nSPS) is 11.4. The lowest BCUT2D eigenvalue weighted by Crippen LogP contribution is -2.26. The molecular formula is C23H21NO4. The van der Waals surface area contributed by atoms with E-state index in [0.717, 1.165) is 5.56 Å². The van der Waals surface area contributed by atoms with Crippen molar-refractivity contribution in [2.24, 2.45) is 0 Å². The molecule has 5 heteroatoms. The standard InChI is InChI=1S/C23H21NO4/c1-16-8-12-19(13-9-16)24-22(25)21(17-6-4-3-5-7-17)28-23(26)18-10-14-20(27-2)15-11-18/h3-15,21H,1-2H3,(H,24,25)/t21-/m1/s1. The molecule has 1 atom stereocenters. The molecule has 0 aromatic heterocycles. The van der Waals surface area contributed by atoms with Gasteiger partial charge < -0.3 is 14.8 Å². The van der Waals surface area contributed by atoms with Crippen LogP contribution >= 0.6 is 0 Å². The summed E-state index contributed by atoms with van der Waals surface area (Å²) >= 11 is 0. The molecule has 1 N–H and O–H groups in total. The lowest BCUT2D eigenvalue weighted by molar-refractivity contribution is -0.125. The second kappa shape index (κ2) is 8.86. The molecule has 5 nitrogen and oxygen atoms in total. The number of carbonyl (C=O) groups is 2. The Morgan fingerprint density at radius 2 is 1.50 bits per heavy atom. The summed E-state index contributed by atoms with van der Waals surface area (Å²) in [5.74, 6) is -0.374. The first-order chi connectivity index (χ1) is 13.6. The van der Waals surface area contributed by atoms with Gasteiger partial charge in [0, 0.05) is 11.3 Å². The van der Waals surface area contributed by atoms with Crippen LogP contribution in [0.1, 0.15) is 27.6 Å². The predicted octanol–water partition coefficient (Wildman–Crippen LogP) is 4.54. The molecule has 28 heavy (non-hydrogen) atoms. The molecule has 0 unspecified atom stereocenters. The van der Waals surface area contributed by atoms with Crippen LogP contribution in [0.3, 0.4) is 0 Å². The molecule has 3 rings (SSSR count). The number of benzene rings is 3. The van der Waals surface area contributed by atoms with Crippen LogP contribution < -0.4 is 10.1 Å². The van der Waals surface area contributed by atoms with Crippen molar-refractivity contribution in [3.8, 4) is 5.75 Å². The molecule has 1 amide bonds. The van der Waals surface area contributed by atoms with E-state index >= 15 is 0 Å². The number of hydrogen-bond acceptors (Lipinski definition) is 4. The SMILES string of the molecule is COc1ccc(C(=O)O[C@@H](C(=O)Nc2ccc(C)cc2)c2ccccc2)cc1. The molecule has 0 aliphatic rings. The third-order valence-corrected chi connectivity index (χ3v) is 4.21. The summed E-state index contributed by atoms with van der Waals surface area (Å²) < 4.78 is 10.7. The number of nitrogens with one attached hydrogen (secondary N) is 1. The fourth-order valence-corrected chi connectivity index (χ4v) is 2.65. The summed E-state index contributed by atoms with van der Waals surface area (Å²) in [6.07, 6.45) is -1.07. The third-order valence-electron chi connectivity index (χ3n) is 4.21. The number of methoxy groups -OCH3 is 1. The zero-order valence-electron chi connectivity index (χ0n) is 15.7. The monoisotopic (exact) mass is 375 g/mol. The highest BCUT2D eigenvalue weighted by molar-refractivity contribution is 5.98. The molecule has 0 saturated heterocycles. The van der Waals surface area contributed by atoms with Gasteiger partial charge >= 0.3 is 5.97 Å². The molecule has 3 aromatic carbocycles. The van der Waals surface area contributed by atoms with Crippen molar-refractivity contribution in [1.29, 1.82) is 0 Å². The van der Waals surface area contributed by atoms with Gasteiger partial charge in [-0.2, -0.15) is 0 Å². The van der Waals surface area contributed by atoms with Gasteiger partial charge in [0.1, 0.15) is 5.75 Å². The molecule has 0 heterocycles. The van der Waals surface area contributed by atoms with Crippen molar-refractivity contribution >= 4 is 17.6 Å². The maximum Gasteiger partial charge on any atom is 0.339 e. The van der Waals surface area contributed by atoms with Gasteiger partial charge in [0.25, 0.3) is 5.91 Å². The first-order valence-corrected chi connectivity index (χ1v) is 8.84. The molecule has 0 aliphatic heterocycles. The summed E-state index contributed by atoms with van der Waals surface area (Å²) in [5.41, 5.74) is 2.65. The Kier molecular flexibility index (Phi) is 6.07. The van der Waals surface area contributed by atoms with E-state index in [2.05, 4.69) is 5.32 Å². The molecule has 3 aromatic rings. The minimum atomic E-state index is -1.07. The minimum Gasteiger partial charge on any atom is -0.497 e. The number of amides is 1. The van der Waals surface area contributed by atoms with Crippen molar-refractivity contribution in [3.05, 3.63) is 95.6 Å². The summed E-state index contributed by atoms with van der Waals surface area (Å²) in [5, 5.41) is 2.81. The number of aryl methyl sites for hydroxylation is 1. The quantitative estimate of drug-likeness (QED) is 0.643. The van der Waals surface area contributed by atoms with Crippen LogP contribution in [-0.4, -0.2) is 19.0 Å². The van der Waals surface area contributed by atoms with Crippen molar-refractivity contribution in [2.45, 2.75) is 13.0 Å². The molecule has 0 aliphatic carbocycles. The maximum absolute atomic E-state index is 12.9. The summed E-state index contributed by atoms with van der Waals surface area (Å²) in [4.78, 5) is 25.4. The second-order valence-electron chi connectivity index (χ2n) is 6.28. The van der Waals surface area contributed by atoms with Crippen LogP contribution in [0, 0.1) is 6.92 Å². The lowest BCUT2D eigenvalue weighted by Gasteiger charge is -2.18. The Bertz CT molecular complexity index is 935. The number of ether oxygens (including phenoxy) is 2. The van der Waals surface area contributed by atoms with Crippen LogP contribution in [0.2, 0.25) is 0 Å². The Balaban J connectivity index is 1.81. The Hall–Kier alpha value is -3.60. The van der Waals surface area contributed by atoms with Crippen LogP contribution in [0.25, 0.3) is 0 Å². The first-order valence-electron chi connectivity index (χ1n) is 8.84. The van der Waals surface area contributed by atoms with Crippen LogP contribution in [-0.2, 0) is 9.53 Å². The summed E-state index contributed by atoms with van der Waals surface area (Å²) in [6, 6.07) is 22.9. The topological polar surface area (TPSA) is 64.6 Å². The van der Waals surface area contributed by atoms with Gasteiger partial charge in [0.05, 0.1) is 12.7 Å². The van der Waals surface area contributed by atoms with Crippen molar-refractivity contribution < 1.29 is 19.1 Å². The second-order valence-corrected chi connectivity index (χ2v) is 6.28. The van der Waals surface area contributed by atoms with Gasteiger partial charge in [-0.1, -0.05) is 48.0 Å². The highest BCUT2D eigenvalue weighted by Gasteiger charge is 2.25. The highest BCUT2D eigenvalue weighted by atomic mass is 16.5. The number of carbonyl (C=O) groups excluding carboxylic acids is 2. The van der Waals surface area contributed by atoms with E-state index in [1.54, 1.807) is 67.8 Å². The van der Waals surface area contributed by atoms with Crippen molar-refractivity contribution in [2.75, 3.05) is 12.4 Å². The van der Waals surface area contributed by atoms with Gasteiger partial charge in [0.15, 0.2) is 0 Å². The average Bonchev–Trinajstić information content (AvgIpc) is 2.74. The molecule has 0 saturated carbocycles. The molecule has 142 valence electrons. The van der Waals surface area contributed by atoms with Gasteiger partial charge in [-0.25, -0.2) is 4.79 Å². The van der Waals surface area contributed by atoms with Crippen LogP contribution in [0.15, 0.2) is 78.9 Å². The molecule has 0 fully saturated rings. The summed E-state index contributed by atoms with van der Waals surface area (Å²) in [6.45, 7) is 1.97. The van der Waals surface area contributed by atoms with Crippen molar-refractivity contribution in [1.82, 2.24) is 0 Å². The van der Waals surface area contributed by atoms with E-state index in [0.29, 0.717) is 22.6 Å². The third kappa shape index (κ3) is 4.76. The van der Waals surface area contributed by atoms with E-state index in [4.69, 9.17) is 9.47 Å². The van der Waals surface area contributed by atoms with Gasteiger partial charge in [-0.05, 0) is 43.3 Å². The number of anilines is 1. The van der Waals surface area contributed by atoms with Gasteiger partial charge in [-0.15, -0.1) is 0 Å². The Morgan fingerprint density at radius 3 is 2.11 bits per heavy atom. The largest absolute Gasteiger partial charge is 0.497 e.